The van der Waals surface area contributed by atoms with Gasteiger partial charge in [-0.15, -0.1) is 0 Å². The van der Waals surface area contributed by atoms with Gasteiger partial charge in [0.15, 0.2) is 0 Å². The van der Waals surface area contributed by atoms with Crippen molar-refractivity contribution >= 4 is 11.6 Å². The molecule has 20 heavy (non-hydrogen) atoms. The zero-order valence-corrected chi connectivity index (χ0v) is 11.9. The second-order valence-electron chi connectivity index (χ2n) is 5.33. The maximum absolute atomic E-state index is 10.8. The monoisotopic (exact) mass is 288 g/mol. The predicted molar refractivity (Wildman–Crippen MR) is 79.5 cm³/mol. The summed E-state index contributed by atoms with van der Waals surface area (Å²) in [6.07, 6.45) is 4.16. The number of likely N-dealkylation sites (tertiary alicyclic amines) is 1. The molecule has 0 radical (unpaired) electrons. The Bertz CT molecular complexity index is 590. The number of aromatic nitrogens is 1. The summed E-state index contributed by atoms with van der Waals surface area (Å²) >= 11 is 6.14. The summed E-state index contributed by atoms with van der Waals surface area (Å²) in [6, 6.07) is 11.8. The molecule has 3 nitrogen and oxygen atoms in total. The quantitative estimate of drug-likeness (QED) is 0.943. The highest BCUT2D eigenvalue weighted by Crippen LogP contribution is 2.32. The Labute approximate surface area is 123 Å². The lowest BCUT2D eigenvalue weighted by molar-refractivity contribution is 0.0453. The number of aliphatic hydroxyl groups is 1. The standard InChI is InChI=1S/C16H17ClN2O/c17-15-10-18-8-6-13(15)11-19-9-7-16(20,12-19)14-4-2-1-3-5-14/h1-6,8,10,20H,7,9,11-12H2. The van der Waals surface area contributed by atoms with Gasteiger partial charge in [-0.05, 0) is 23.6 Å². The van der Waals surface area contributed by atoms with Crippen LogP contribution in [0, 0.1) is 0 Å². The lowest BCUT2D eigenvalue weighted by atomic mass is 9.93. The second kappa shape index (κ2) is 5.52. The van der Waals surface area contributed by atoms with Gasteiger partial charge in [-0.25, -0.2) is 0 Å². The van der Waals surface area contributed by atoms with E-state index in [4.69, 9.17) is 11.6 Å². The highest BCUT2D eigenvalue weighted by Gasteiger charge is 2.37. The van der Waals surface area contributed by atoms with Gasteiger partial charge in [-0.1, -0.05) is 41.9 Å². The van der Waals surface area contributed by atoms with Crippen molar-refractivity contribution in [2.75, 3.05) is 13.1 Å². The number of hydrogen-bond donors (Lipinski definition) is 1. The van der Waals surface area contributed by atoms with Gasteiger partial charge in [0.1, 0.15) is 5.60 Å². The Morgan fingerprint density at radius 2 is 2.05 bits per heavy atom. The number of halogens is 1. The Morgan fingerprint density at radius 1 is 1.25 bits per heavy atom. The van der Waals surface area contributed by atoms with E-state index in [0.717, 1.165) is 30.6 Å². The molecular formula is C16H17ClN2O. The molecule has 1 aliphatic rings. The van der Waals surface area contributed by atoms with Gasteiger partial charge in [0.05, 0.1) is 5.02 Å². The molecule has 1 fully saturated rings. The minimum absolute atomic E-state index is 0.635. The molecule has 3 rings (SSSR count). The van der Waals surface area contributed by atoms with E-state index in [1.165, 1.54) is 0 Å². The molecule has 1 aromatic heterocycles. The summed E-state index contributed by atoms with van der Waals surface area (Å²) in [5, 5.41) is 11.5. The highest BCUT2D eigenvalue weighted by atomic mass is 35.5. The van der Waals surface area contributed by atoms with Gasteiger partial charge in [0.25, 0.3) is 0 Å². The van der Waals surface area contributed by atoms with Gasteiger partial charge in [0, 0.05) is 32.0 Å². The summed E-state index contributed by atoms with van der Waals surface area (Å²) in [5.41, 5.74) is 1.29. The SMILES string of the molecule is OC1(c2ccccc2)CCN(Cc2ccncc2Cl)C1. The summed E-state index contributed by atoms with van der Waals surface area (Å²) < 4.78 is 0. The van der Waals surface area contributed by atoms with E-state index < -0.39 is 5.60 Å². The van der Waals surface area contributed by atoms with E-state index in [-0.39, 0.29) is 0 Å². The maximum Gasteiger partial charge on any atom is 0.103 e. The molecule has 1 unspecified atom stereocenters. The highest BCUT2D eigenvalue weighted by molar-refractivity contribution is 6.31. The molecule has 0 spiro atoms. The Hall–Kier alpha value is -1.42. The summed E-state index contributed by atoms with van der Waals surface area (Å²) in [5.74, 6) is 0. The number of rotatable bonds is 3. The molecule has 1 atom stereocenters. The summed E-state index contributed by atoms with van der Waals surface area (Å²) in [4.78, 5) is 6.23. The minimum atomic E-state index is -0.749. The van der Waals surface area contributed by atoms with Crippen LogP contribution >= 0.6 is 11.6 Å². The first-order valence-corrected chi connectivity index (χ1v) is 7.14. The smallest absolute Gasteiger partial charge is 0.103 e. The minimum Gasteiger partial charge on any atom is -0.384 e. The molecule has 0 aliphatic carbocycles. The topological polar surface area (TPSA) is 36.4 Å². The van der Waals surface area contributed by atoms with Gasteiger partial charge in [-0.2, -0.15) is 0 Å². The molecular weight excluding hydrogens is 272 g/mol. The number of hydrogen-bond acceptors (Lipinski definition) is 3. The first kappa shape index (κ1) is 13.6. The fourth-order valence-corrected chi connectivity index (χ4v) is 2.94. The average Bonchev–Trinajstić information content (AvgIpc) is 2.85. The molecule has 2 heterocycles. The molecule has 0 bridgehead atoms. The third-order valence-electron chi connectivity index (χ3n) is 3.89. The van der Waals surface area contributed by atoms with E-state index in [0.29, 0.717) is 11.6 Å². The Morgan fingerprint density at radius 3 is 2.80 bits per heavy atom. The van der Waals surface area contributed by atoms with Gasteiger partial charge in [0.2, 0.25) is 0 Å². The van der Waals surface area contributed by atoms with E-state index in [9.17, 15) is 5.11 Å². The van der Waals surface area contributed by atoms with Crippen molar-refractivity contribution in [3.8, 4) is 0 Å². The van der Waals surface area contributed by atoms with Crippen LogP contribution < -0.4 is 0 Å². The molecule has 4 heteroatoms. The molecule has 0 saturated carbocycles. The zero-order valence-electron chi connectivity index (χ0n) is 11.2. The predicted octanol–water partition coefficient (Wildman–Crippen LogP) is 2.83. The molecule has 1 aliphatic heterocycles. The summed E-state index contributed by atoms with van der Waals surface area (Å²) in [6.45, 7) is 2.25. The number of nitrogens with zero attached hydrogens (tertiary/aromatic N) is 2. The van der Waals surface area contributed by atoms with Gasteiger partial charge >= 0.3 is 0 Å². The lowest BCUT2D eigenvalue weighted by Crippen LogP contribution is -2.30. The summed E-state index contributed by atoms with van der Waals surface area (Å²) in [7, 11) is 0. The van der Waals surface area contributed by atoms with Crippen LogP contribution in [0.25, 0.3) is 0 Å². The van der Waals surface area contributed by atoms with Crippen LogP contribution in [0.15, 0.2) is 48.8 Å². The third kappa shape index (κ3) is 2.70. The molecule has 1 saturated heterocycles. The average molecular weight is 289 g/mol. The normalized spacial score (nSPS) is 23.1. The Kier molecular flexibility index (Phi) is 3.74. The zero-order chi connectivity index (χ0) is 14.0. The van der Waals surface area contributed by atoms with Crippen LogP contribution in [0.5, 0.6) is 0 Å². The largest absolute Gasteiger partial charge is 0.384 e. The van der Waals surface area contributed by atoms with Crippen LogP contribution in [0.1, 0.15) is 17.5 Å². The number of pyridine rings is 1. The van der Waals surface area contributed by atoms with Crippen molar-refractivity contribution < 1.29 is 5.11 Å². The van der Waals surface area contributed by atoms with Crippen molar-refractivity contribution in [2.24, 2.45) is 0 Å². The van der Waals surface area contributed by atoms with Crippen LogP contribution in [0.2, 0.25) is 5.02 Å². The first-order chi connectivity index (χ1) is 9.67. The maximum atomic E-state index is 10.8. The molecule has 1 N–H and O–H groups in total. The first-order valence-electron chi connectivity index (χ1n) is 6.76. The molecule has 2 aromatic rings. The molecule has 0 amide bonds. The van der Waals surface area contributed by atoms with E-state index >= 15 is 0 Å². The van der Waals surface area contributed by atoms with Crippen molar-refractivity contribution in [3.63, 3.8) is 0 Å². The molecule has 104 valence electrons. The number of benzene rings is 1. The fourth-order valence-electron chi connectivity index (χ4n) is 2.76. The fraction of sp³-hybridized carbons (Fsp3) is 0.312. The van der Waals surface area contributed by atoms with Crippen molar-refractivity contribution in [2.45, 2.75) is 18.6 Å². The van der Waals surface area contributed by atoms with Gasteiger partial charge in [-0.3, -0.25) is 9.88 Å². The van der Waals surface area contributed by atoms with Crippen molar-refractivity contribution in [3.05, 3.63) is 64.9 Å². The van der Waals surface area contributed by atoms with Crippen LogP contribution in [0.3, 0.4) is 0 Å². The Balaban J connectivity index is 1.73. The van der Waals surface area contributed by atoms with Crippen LogP contribution in [-0.2, 0) is 12.1 Å². The third-order valence-corrected chi connectivity index (χ3v) is 4.23. The number of β-amino-alcohol motifs (C(OH)–C–C–N with tert-alkyl or cyclic N) is 1. The van der Waals surface area contributed by atoms with E-state index in [2.05, 4.69) is 9.88 Å². The van der Waals surface area contributed by atoms with E-state index in [1.54, 1.807) is 12.4 Å². The van der Waals surface area contributed by atoms with Crippen LogP contribution in [-0.4, -0.2) is 28.1 Å². The van der Waals surface area contributed by atoms with Crippen molar-refractivity contribution in [1.82, 2.24) is 9.88 Å². The van der Waals surface area contributed by atoms with Gasteiger partial charge < -0.3 is 5.11 Å². The van der Waals surface area contributed by atoms with Crippen molar-refractivity contribution in [1.29, 1.82) is 0 Å². The van der Waals surface area contributed by atoms with E-state index in [1.807, 2.05) is 36.4 Å². The molecule has 1 aromatic carbocycles. The second-order valence-corrected chi connectivity index (χ2v) is 5.73. The lowest BCUT2D eigenvalue weighted by Gasteiger charge is -2.24. The van der Waals surface area contributed by atoms with Crippen LogP contribution in [0.4, 0.5) is 0 Å².